The van der Waals surface area contributed by atoms with Crippen molar-refractivity contribution in [2.24, 2.45) is 0 Å². The Balaban J connectivity index is 1.82. The van der Waals surface area contributed by atoms with Crippen molar-refractivity contribution in [3.63, 3.8) is 0 Å². The van der Waals surface area contributed by atoms with E-state index in [1.807, 2.05) is 0 Å². The molecule has 3 rings (SSSR count). The summed E-state index contributed by atoms with van der Waals surface area (Å²) in [6.07, 6.45) is 4.07. The Bertz CT molecular complexity index is 972. The van der Waals surface area contributed by atoms with E-state index in [1.54, 1.807) is 0 Å². The summed E-state index contributed by atoms with van der Waals surface area (Å²) in [5.41, 5.74) is -0.0871. The minimum atomic E-state index is -3.43. The lowest BCUT2D eigenvalue weighted by Gasteiger charge is -2.26. The standard InChI is InChI=1S/C19H21FN2O5S/c1-28(25,26)16-4-2-3-15(10-16)27-19-17(9-12(20)11-21-19)18(24)22-13-5-7-14(23)8-6-13/h2-4,9-11,13-14,23H,5-8H2,1H3,(H,22,24)/t13-,14-. The molecule has 1 saturated carbocycles. The zero-order valence-electron chi connectivity index (χ0n) is 15.3. The number of halogens is 1. The molecule has 0 atom stereocenters. The summed E-state index contributed by atoms with van der Waals surface area (Å²) < 4.78 is 42.7. The maximum absolute atomic E-state index is 13.7. The number of nitrogens with one attached hydrogen (secondary N) is 1. The van der Waals surface area contributed by atoms with Gasteiger partial charge in [-0.25, -0.2) is 17.8 Å². The number of aliphatic hydroxyl groups is 1. The summed E-state index contributed by atoms with van der Waals surface area (Å²) in [5, 5.41) is 12.4. The van der Waals surface area contributed by atoms with Crippen LogP contribution in [0.1, 0.15) is 36.0 Å². The number of nitrogens with zero attached hydrogens (tertiary/aromatic N) is 1. The third kappa shape index (κ3) is 5.05. The molecular formula is C19H21FN2O5S. The van der Waals surface area contributed by atoms with E-state index in [0.29, 0.717) is 25.7 Å². The third-order valence-corrected chi connectivity index (χ3v) is 5.65. The van der Waals surface area contributed by atoms with Gasteiger partial charge in [0.1, 0.15) is 17.1 Å². The SMILES string of the molecule is CS(=O)(=O)c1cccc(Oc2ncc(F)cc2C(=O)N[C@H]2CC[C@H](O)CC2)c1. The van der Waals surface area contributed by atoms with E-state index in [9.17, 15) is 22.7 Å². The van der Waals surface area contributed by atoms with Crippen LogP contribution in [-0.2, 0) is 9.84 Å². The van der Waals surface area contributed by atoms with Gasteiger partial charge in [0.2, 0.25) is 5.88 Å². The number of ether oxygens (including phenoxy) is 1. The lowest BCUT2D eigenvalue weighted by atomic mass is 9.93. The molecule has 1 aliphatic rings. The molecule has 1 amide bonds. The Labute approximate surface area is 162 Å². The van der Waals surface area contributed by atoms with Gasteiger partial charge in [-0.1, -0.05) is 6.07 Å². The van der Waals surface area contributed by atoms with E-state index in [4.69, 9.17) is 4.74 Å². The van der Waals surface area contributed by atoms with Crippen molar-refractivity contribution in [3.8, 4) is 11.6 Å². The highest BCUT2D eigenvalue weighted by Gasteiger charge is 2.24. The van der Waals surface area contributed by atoms with E-state index in [1.165, 1.54) is 24.3 Å². The summed E-state index contributed by atoms with van der Waals surface area (Å²) >= 11 is 0. The largest absolute Gasteiger partial charge is 0.438 e. The number of hydrogen-bond acceptors (Lipinski definition) is 6. The van der Waals surface area contributed by atoms with Gasteiger partial charge in [-0.05, 0) is 49.9 Å². The fourth-order valence-corrected chi connectivity index (χ4v) is 3.69. The van der Waals surface area contributed by atoms with Gasteiger partial charge in [0.15, 0.2) is 9.84 Å². The first-order valence-electron chi connectivity index (χ1n) is 8.85. The van der Waals surface area contributed by atoms with Gasteiger partial charge in [0, 0.05) is 12.3 Å². The van der Waals surface area contributed by atoms with Crippen molar-refractivity contribution in [1.82, 2.24) is 10.3 Å². The van der Waals surface area contributed by atoms with Crippen LogP contribution in [0.2, 0.25) is 0 Å². The Kier molecular flexibility index (Phi) is 5.95. The highest BCUT2D eigenvalue weighted by molar-refractivity contribution is 7.90. The van der Waals surface area contributed by atoms with Crippen molar-refractivity contribution in [2.45, 2.75) is 42.7 Å². The number of pyridine rings is 1. The van der Waals surface area contributed by atoms with E-state index >= 15 is 0 Å². The number of rotatable bonds is 5. The molecule has 150 valence electrons. The molecule has 7 nitrogen and oxygen atoms in total. The zero-order valence-corrected chi connectivity index (χ0v) is 16.1. The summed E-state index contributed by atoms with van der Waals surface area (Å²) in [7, 11) is -3.43. The highest BCUT2D eigenvalue weighted by atomic mass is 32.2. The molecule has 28 heavy (non-hydrogen) atoms. The van der Waals surface area contributed by atoms with Crippen molar-refractivity contribution >= 4 is 15.7 Å². The normalized spacial score (nSPS) is 19.8. The van der Waals surface area contributed by atoms with E-state index in [2.05, 4.69) is 10.3 Å². The summed E-state index contributed by atoms with van der Waals surface area (Å²) in [6, 6.07) is 6.65. The molecule has 1 fully saturated rings. The number of aromatic nitrogens is 1. The number of sulfone groups is 1. The summed E-state index contributed by atoms with van der Waals surface area (Å²) in [6.45, 7) is 0. The van der Waals surface area contributed by atoms with E-state index in [0.717, 1.165) is 18.5 Å². The molecule has 9 heteroatoms. The topological polar surface area (TPSA) is 106 Å². The van der Waals surface area contributed by atoms with Crippen LogP contribution in [0.4, 0.5) is 4.39 Å². The molecule has 1 heterocycles. The number of carbonyl (C=O) groups excluding carboxylic acids is 1. The van der Waals surface area contributed by atoms with Gasteiger partial charge in [-0.3, -0.25) is 4.79 Å². The second-order valence-electron chi connectivity index (χ2n) is 6.83. The first-order valence-corrected chi connectivity index (χ1v) is 10.7. The van der Waals surface area contributed by atoms with E-state index in [-0.39, 0.29) is 34.2 Å². The van der Waals surface area contributed by atoms with Gasteiger partial charge >= 0.3 is 0 Å². The van der Waals surface area contributed by atoms with Crippen LogP contribution in [-0.4, -0.2) is 42.8 Å². The van der Waals surface area contributed by atoms with Crippen LogP contribution in [0.3, 0.4) is 0 Å². The number of carbonyl (C=O) groups is 1. The first kappa shape index (κ1) is 20.2. The highest BCUT2D eigenvalue weighted by Crippen LogP contribution is 2.26. The maximum atomic E-state index is 13.7. The fourth-order valence-electron chi connectivity index (χ4n) is 3.03. The molecule has 2 N–H and O–H groups in total. The number of aliphatic hydroxyl groups excluding tert-OH is 1. The van der Waals surface area contributed by atoms with Crippen LogP contribution < -0.4 is 10.1 Å². The predicted molar refractivity (Wildman–Crippen MR) is 99.5 cm³/mol. The number of amides is 1. The van der Waals surface area contributed by atoms with Gasteiger partial charge in [0.25, 0.3) is 5.91 Å². The minimum Gasteiger partial charge on any atom is -0.438 e. The Morgan fingerprint density at radius 2 is 1.96 bits per heavy atom. The third-order valence-electron chi connectivity index (χ3n) is 4.54. The van der Waals surface area contributed by atoms with E-state index < -0.39 is 21.6 Å². The Morgan fingerprint density at radius 1 is 1.25 bits per heavy atom. The minimum absolute atomic E-state index is 0.0545. The second-order valence-corrected chi connectivity index (χ2v) is 8.85. The quantitative estimate of drug-likeness (QED) is 0.787. The van der Waals surface area contributed by atoms with Crippen LogP contribution >= 0.6 is 0 Å². The molecule has 0 unspecified atom stereocenters. The average molecular weight is 408 g/mol. The molecular weight excluding hydrogens is 387 g/mol. The van der Waals surface area contributed by atoms with Crippen LogP contribution in [0.15, 0.2) is 41.4 Å². The predicted octanol–water partition coefficient (Wildman–Crippen LogP) is 2.45. The maximum Gasteiger partial charge on any atom is 0.257 e. The van der Waals surface area contributed by atoms with Crippen LogP contribution in [0.25, 0.3) is 0 Å². The number of benzene rings is 1. The molecule has 0 saturated heterocycles. The molecule has 0 radical (unpaired) electrons. The fraction of sp³-hybridized carbons (Fsp3) is 0.368. The molecule has 1 aromatic carbocycles. The van der Waals surface area contributed by atoms with Gasteiger partial charge in [-0.15, -0.1) is 0 Å². The molecule has 2 aromatic rings. The Morgan fingerprint density at radius 3 is 2.64 bits per heavy atom. The van der Waals surface area contributed by atoms with Crippen molar-refractivity contribution in [1.29, 1.82) is 0 Å². The summed E-state index contributed by atoms with van der Waals surface area (Å²) in [4.78, 5) is 16.5. The first-order chi connectivity index (χ1) is 13.2. The lowest BCUT2D eigenvalue weighted by Crippen LogP contribution is -2.38. The monoisotopic (exact) mass is 408 g/mol. The zero-order chi connectivity index (χ0) is 20.3. The summed E-state index contributed by atoms with van der Waals surface area (Å²) in [5.74, 6) is -1.19. The molecule has 1 aromatic heterocycles. The second kappa shape index (κ2) is 8.24. The lowest BCUT2D eigenvalue weighted by molar-refractivity contribution is 0.0864. The van der Waals surface area contributed by atoms with Crippen molar-refractivity contribution in [3.05, 3.63) is 47.9 Å². The van der Waals surface area contributed by atoms with Gasteiger partial charge < -0.3 is 15.2 Å². The smallest absolute Gasteiger partial charge is 0.257 e. The van der Waals surface area contributed by atoms with Crippen molar-refractivity contribution in [2.75, 3.05) is 6.26 Å². The van der Waals surface area contributed by atoms with Gasteiger partial charge in [-0.2, -0.15) is 0 Å². The van der Waals surface area contributed by atoms with Crippen LogP contribution in [0.5, 0.6) is 11.6 Å². The van der Waals surface area contributed by atoms with Crippen LogP contribution in [0, 0.1) is 5.82 Å². The molecule has 0 bridgehead atoms. The van der Waals surface area contributed by atoms with Gasteiger partial charge in [0.05, 0.1) is 17.2 Å². The van der Waals surface area contributed by atoms with Crippen molar-refractivity contribution < 1.29 is 27.4 Å². The molecule has 0 aliphatic heterocycles. The number of hydrogen-bond donors (Lipinski definition) is 2. The molecule has 0 spiro atoms. The average Bonchev–Trinajstić information content (AvgIpc) is 2.64. The Hall–Kier alpha value is -2.52. The molecule has 1 aliphatic carbocycles.